The largest absolute Gasteiger partial charge is 0.300 e. The van der Waals surface area contributed by atoms with Gasteiger partial charge in [-0.15, -0.1) is 0 Å². The summed E-state index contributed by atoms with van der Waals surface area (Å²) >= 11 is 0. The average Bonchev–Trinajstić information content (AvgIpc) is 3.52. The van der Waals surface area contributed by atoms with Crippen LogP contribution in [0.5, 0.6) is 0 Å². The number of carbonyl (C=O) groups is 1. The Labute approximate surface area is 153 Å². The minimum atomic E-state index is -0.218. The Morgan fingerprint density at radius 2 is 1.15 bits per heavy atom. The molecule has 4 rings (SSSR count). The van der Waals surface area contributed by atoms with Crippen molar-refractivity contribution >= 4 is 5.78 Å². The smallest absolute Gasteiger partial charge is 0.134 e. The van der Waals surface area contributed by atoms with E-state index in [1.54, 1.807) is 24.3 Å². The van der Waals surface area contributed by atoms with Crippen LogP contribution in [0.1, 0.15) is 61.5 Å². The maximum absolute atomic E-state index is 14.2. The number of hydrogen-bond acceptors (Lipinski definition) is 1. The van der Waals surface area contributed by atoms with E-state index in [-0.39, 0.29) is 29.3 Å². The molecule has 26 heavy (non-hydrogen) atoms. The van der Waals surface area contributed by atoms with Gasteiger partial charge in [0.2, 0.25) is 0 Å². The lowest BCUT2D eigenvalue weighted by atomic mass is 9.83. The van der Waals surface area contributed by atoms with Gasteiger partial charge in [0.05, 0.1) is 0 Å². The molecule has 0 aliphatic heterocycles. The zero-order chi connectivity index (χ0) is 18.1. The summed E-state index contributed by atoms with van der Waals surface area (Å²) in [6.45, 7) is 0. The lowest BCUT2D eigenvalue weighted by molar-refractivity contribution is -0.120. The first-order valence-corrected chi connectivity index (χ1v) is 9.64. The molecule has 0 heterocycles. The predicted octanol–water partition coefficient (Wildman–Crippen LogP) is 6.00. The number of Topliss-reactive ketones (excluding diaryl/α,β-unsaturated/α-hetero) is 1. The molecule has 1 nitrogen and oxygen atoms in total. The summed E-state index contributed by atoms with van der Waals surface area (Å²) in [5.41, 5.74) is 1.33. The van der Waals surface area contributed by atoms with Crippen LogP contribution in [0.3, 0.4) is 0 Å². The molecular formula is C23H24F2O. The van der Waals surface area contributed by atoms with Gasteiger partial charge in [-0.05, 0) is 72.6 Å². The van der Waals surface area contributed by atoms with Crippen molar-refractivity contribution in [2.75, 3.05) is 0 Å². The number of carbonyl (C=O) groups excluding carboxylic acids is 1. The Morgan fingerprint density at radius 1 is 0.769 bits per heavy atom. The summed E-state index contributed by atoms with van der Waals surface area (Å²) in [5.74, 6) is 0.432. The average molecular weight is 354 g/mol. The van der Waals surface area contributed by atoms with Gasteiger partial charge in [-0.2, -0.15) is 0 Å². The van der Waals surface area contributed by atoms with E-state index in [9.17, 15) is 13.6 Å². The Bertz CT molecular complexity index is 727. The molecule has 2 aliphatic rings. The molecule has 2 atom stereocenters. The molecule has 0 aromatic heterocycles. The molecule has 0 amide bonds. The summed E-state index contributed by atoms with van der Waals surface area (Å²) < 4.78 is 28.5. The summed E-state index contributed by atoms with van der Waals surface area (Å²) in [4.78, 5) is 12.9. The van der Waals surface area contributed by atoms with Crippen molar-refractivity contribution < 1.29 is 13.6 Å². The monoisotopic (exact) mass is 354 g/mol. The van der Waals surface area contributed by atoms with Crippen LogP contribution in [0.25, 0.3) is 0 Å². The Morgan fingerprint density at radius 3 is 1.50 bits per heavy atom. The third-order valence-corrected chi connectivity index (χ3v) is 5.89. The second kappa shape index (κ2) is 7.30. The fourth-order valence-electron chi connectivity index (χ4n) is 4.18. The highest BCUT2D eigenvalue weighted by Gasteiger charge is 2.38. The minimum Gasteiger partial charge on any atom is -0.300 e. The summed E-state index contributed by atoms with van der Waals surface area (Å²) in [6.07, 6.45) is 4.97. The third kappa shape index (κ3) is 3.87. The fourth-order valence-corrected chi connectivity index (χ4v) is 4.18. The van der Waals surface area contributed by atoms with Gasteiger partial charge >= 0.3 is 0 Å². The molecule has 2 saturated carbocycles. The standard InChI is InChI=1S/C23H24F2O/c24-22-7-3-1-5-18(22)20(15-9-10-15)13-17(26)14-21(16-11-12-16)19-6-2-4-8-23(19)25/h1-8,15-16,20-21H,9-14H2. The lowest BCUT2D eigenvalue weighted by Crippen LogP contribution is -2.15. The number of rotatable bonds is 8. The van der Waals surface area contributed by atoms with Crippen LogP contribution in [0, 0.1) is 23.5 Å². The molecule has 2 unspecified atom stereocenters. The highest BCUT2D eigenvalue weighted by molar-refractivity contribution is 5.80. The number of benzene rings is 2. The number of hydrogen-bond donors (Lipinski definition) is 0. The van der Waals surface area contributed by atoms with Gasteiger partial charge in [-0.25, -0.2) is 8.78 Å². The highest BCUT2D eigenvalue weighted by Crippen LogP contribution is 2.48. The van der Waals surface area contributed by atoms with Crippen molar-refractivity contribution in [2.24, 2.45) is 11.8 Å². The Kier molecular flexibility index (Phi) is 4.88. The van der Waals surface area contributed by atoms with Crippen LogP contribution in [-0.2, 0) is 4.79 Å². The summed E-state index contributed by atoms with van der Waals surface area (Å²) in [6, 6.07) is 13.6. The molecule has 0 N–H and O–H groups in total. The van der Waals surface area contributed by atoms with E-state index in [1.807, 2.05) is 12.1 Å². The van der Waals surface area contributed by atoms with Gasteiger partial charge in [0, 0.05) is 12.8 Å². The second-order valence-corrected chi connectivity index (χ2v) is 7.88. The van der Waals surface area contributed by atoms with Crippen molar-refractivity contribution in [3.05, 3.63) is 71.3 Å². The molecule has 0 radical (unpaired) electrons. The summed E-state index contributed by atoms with van der Waals surface area (Å²) in [5, 5.41) is 0. The molecule has 2 aromatic rings. The van der Waals surface area contributed by atoms with E-state index < -0.39 is 0 Å². The molecule has 0 spiro atoms. The SMILES string of the molecule is O=C(CC(c1ccccc1F)C1CC1)CC(c1ccccc1F)C1CC1. The summed E-state index contributed by atoms with van der Waals surface area (Å²) in [7, 11) is 0. The molecule has 2 aromatic carbocycles. The van der Waals surface area contributed by atoms with Crippen LogP contribution in [0.2, 0.25) is 0 Å². The first-order chi connectivity index (χ1) is 12.6. The molecular weight excluding hydrogens is 330 g/mol. The normalized spacial score (nSPS) is 19.2. The fraction of sp³-hybridized carbons (Fsp3) is 0.435. The second-order valence-electron chi connectivity index (χ2n) is 7.88. The zero-order valence-electron chi connectivity index (χ0n) is 14.8. The van der Waals surface area contributed by atoms with Gasteiger partial charge in [0.25, 0.3) is 0 Å². The van der Waals surface area contributed by atoms with Gasteiger partial charge in [0.1, 0.15) is 17.4 Å². The maximum Gasteiger partial charge on any atom is 0.134 e. The highest BCUT2D eigenvalue weighted by atomic mass is 19.1. The van der Waals surface area contributed by atoms with Crippen LogP contribution in [0.4, 0.5) is 8.78 Å². The van der Waals surface area contributed by atoms with E-state index in [1.165, 1.54) is 12.1 Å². The van der Waals surface area contributed by atoms with E-state index in [0.717, 1.165) is 25.7 Å². The van der Waals surface area contributed by atoms with Gasteiger partial charge in [-0.1, -0.05) is 36.4 Å². The van der Waals surface area contributed by atoms with Crippen molar-refractivity contribution in [3.8, 4) is 0 Å². The first kappa shape index (κ1) is 17.4. The van der Waals surface area contributed by atoms with E-state index >= 15 is 0 Å². The van der Waals surface area contributed by atoms with Gasteiger partial charge in [-0.3, -0.25) is 4.79 Å². The van der Waals surface area contributed by atoms with Gasteiger partial charge < -0.3 is 0 Å². The quantitative estimate of drug-likeness (QED) is 0.568. The van der Waals surface area contributed by atoms with E-state index in [2.05, 4.69) is 0 Å². The van der Waals surface area contributed by atoms with E-state index in [0.29, 0.717) is 35.8 Å². The molecule has 0 saturated heterocycles. The first-order valence-electron chi connectivity index (χ1n) is 9.64. The molecule has 2 fully saturated rings. The number of halogens is 2. The van der Waals surface area contributed by atoms with Crippen LogP contribution < -0.4 is 0 Å². The minimum absolute atomic E-state index is 0.0378. The number of ketones is 1. The van der Waals surface area contributed by atoms with Crippen LogP contribution >= 0.6 is 0 Å². The molecule has 3 heteroatoms. The molecule has 0 bridgehead atoms. The van der Waals surface area contributed by atoms with Crippen LogP contribution in [0.15, 0.2) is 48.5 Å². The Balaban J connectivity index is 1.50. The molecule has 136 valence electrons. The zero-order valence-corrected chi connectivity index (χ0v) is 14.8. The van der Waals surface area contributed by atoms with E-state index in [4.69, 9.17) is 0 Å². The third-order valence-electron chi connectivity index (χ3n) is 5.89. The molecule has 2 aliphatic carbocycles. The van der Waals surface area contributed by atoms with Gasteiger partial charge in [0.15, 0.2) is 0 Å². The lowest BCUT2D eigenvalue weighted by Gasteiger charge is -2.20. The maximum atomic E-state index is 14.2. The predicted molar refractivity (Wildman–Crippen MR) is 98.0 cm³/mol. The van der Waals surface area contributed by atoms with Crippen LogP contribution in [-0.4, -0.2) is 5.78 Å². The van der Waals surface area contributed by atoms with Crippen molar-refractivity contribution in [2.45, 2.75) is 50.4 Å². The van der Waals surface area contributed by atoms with Crippen molar-refractivity contribution in [1.29, 1.82) is 0 Å². The Hall–Kier alpha value is -2.03. The van der Waals surface area contributed by atoms with Crippen molar-refractivity contribution in [1.82, 2.24) is 0 Å². The topological polar surface area (TPSA) is 17.1 Å². The van der Waals surface area contributed by atoms with Crippen molar-refractivity contribution in [3.63, 3.8) is 0 Å².